The molecule has 8 heteroatoms. The third-order valence-electron chi connectivity index (χ3n) is 2.36. The minimum absolute atomic E-state index is 0. The molecule has 0 saturated carbocycles. The van der Waals surface area contributed by atoms with Crippen molar-refractivity contribution in [2.24, 2.45) is 5.73 Å². The maximum Gasteiger partial charge on any atom is 0.277 e. The first-order valence-corrected chi connectivity index (χ1v) is 6.87. The van der Waals surface area contributed by atoms with Gasteiger partial charge >= 0.3 is 0 Å². The summed E-state index contributed by atoms with van der Waals surface area (Å²) in [6.45, 7) is 2.00. The van der Waals surface area contributed by atoms with Crippen LogP contribution in [0.25, 0.3) is 0 Å². The lowest BCUT2D eigenvalue weighted by Gasteiger charge is -2.17. The van der Waals surface area contributed by atoms with E-state index < -0.39 is 24.9 Å². The van der Waals surface area contributed by atoms with Crippen molar-refractivity contribution in [3.63, 3.8) is 0 Å². The molecule has 1 rings (SSSR count). The van der Waals surface area contributed by atoms with Crippen LogP contribution in [0.15, 0.2) is 22.7 Å². The minimum Gasteiger partial charge on any atom is -0.490 e. The predicted molar refractivity (Wildman–Crippen MR) is 83.5 cm³/mol. The zero-order chi connectivity index (χ0) is 15.3. The Morgan fingerprint density at radius 1 is 1.48 bits per heavy atom. The van der Waals surface area contributed by atoms with Gasteiger partial charge in [-0.25, -0.2) is 8.78 Å². The molecule has 0 aliphatic heterocycles. The van der Waals surface area contributed by atoms with Gasteiger partial charge in [0.15, 0.2) is 0 Å². The quantitative estimate of drug-likeness (QED) is 0.789. The molecule has 21 heavy (non-hydrogen) atoms. The fourth-order valence-electron chi connectivity index (χ4n) is 1.41. The zero-order valence-corrected chi connectivity index (χ0v) is 14.1. The van der Waals surface area contributed by atoms with Gasteiger partial charge in [-0.05, 0) is 32.0 Å². The van der Waals surface area contributed by atoms with Gasteiger partial charge in [-0.15, -0.1) is 12.4 Å². The number of carbonyl (C=O) groups excluding carboxylic acids is 1. The molecule has 0 aromatic heterocycles. The van der Waals surface area contributed by atoms with Crippen LogP contribution >= 0.6 is 28.3 Å². The van der Waals surface area contributed by atoms with Crippen LogP contribution in [0.5, 0.6) is 5.75 Å². The Labute approximate surface area is 137 Å². The number of rotatable bonds is 6. The van der Waals surface area contributed by atoms with Crippen LogP contribution in [0.1, 0.15) is 24.2 Å². The summed E-state index contributed by atoms with van der Waals surface area (Å²) in [5, 5.41) is 2.16. The summed E-state index contributed by atoms with van der Waals surface area (Å²) in [5.41, 5.74) is 5.12. The van der Waals surface area contributed by atoms with Crippen LogP contribution in [0.4, 0.5) is 8.78 Å². The molecule has 0 aliphatic rings. The molecule has 0 radical (unpaired) electrons. The van der Waals surface area contributed by atoms with E-state index in [2.05, 4.69) is 21.2 Å². The van der Waals surface area contributed by atoms with Gasteiger partial charge in [-0.2, -0.15) is 0 Å². The lowest BCUT2D eigenvalue weighted by molar-refractivity contribution is 0.0118. The van der Waals surface area contributed by atoms with E-state index in [1.807, 2.05) is 13.8 Å². The first-order valence-electron chi connectivity index (χ1n) is 6.07. The molecule has 0 spiro atoms. The summed E-state index contributed by atoms with van der Waals surface area (Å²) in [4.78, 5) is 11.9. The SMILES string of the molecule is CC(C)Oc1cc(Br)ccc1C(=O)NCC(F)(F)CN.Cl. The van der Waals surface area contributed by atoms with Crippen molar-refractivity contribution in [2.45, 2.75) is 25.9 Å². The van der Waals surface area contributed by atoms with E-state index in [0.717, 1.165) is 4.47 Å². The number of hydrogen-bond acceptors (Lipinski definition) is 3. The second-order valence-corrected chi connectivity index (χ2v) is 5.47. The van der Waals surface area contributed by atoms with Crippen molar-refractivity contribution in [1.82, 2.24) is 5.32 Å². The van der Waals surface area contributed by atoms with Crippen LogP contribution in [-0.4, -0.2) is 31.0 Å². The van der Waals surface area contributed by atoms with E-state index >= 15 is 0 Å². The summed E-state index contributed by atoms with van der Waals surface area (Å²) in [6, 6.07) is 4.77. The number of nitrogens with two attached hydrogens (primary N) is 1. The highest BCUT2D eigenvalue weighted by atomic mass is 79.9. The second-order valence-electron chi connectivity index (χ2n) is 4.55. The fraction of sp³-hybridized carbons (Fsp3) is 0.462. The molecule has 0 saturated heterocycles. The van der Waals surface area contributed by atoms with Gasteiger partial charge in [0.1, 0.15) is 5.75 Å². The Hall–Kier alpha value is -0.920. The Balaban J connectivity index is 0.00000400. The van der Waals surface area contributed by atoms with Gasteiger partial charge < -0.3 is 15.8 Å². The lowest BCUT2D eigenvalue weighted by atomic mass is 10.2. The van der Waals surface area contributed by atoms with Crippen LogP contribution in [0, 0.1) is 0 Å². The second kappa shape index (κ2) is 8.51. The van der Waals surface area contributed by atoms with Crippen molar-refractivity contribution in [2.75, 3.05) is 13.1 Å². The molecule has 0 fully saturated rings. The molecule has 0 unspecified atom stereocenters. The molecular formula is C13H18BrClF2N2O2. The average Bonchev–Trinajstić information content (AvgIpc) is 2.35. The first-order chi connectivity index (χ1) is 9.25. The Kier molecular flexibility index (Phi) is 8.13. The lowest BCUT2D eigenvalue weighted by Crippen LogP contribution is -2.41. The number of carbonyl (C=O) groups is 1. The average molecular weight is 388 g/mol. The number of benzene rings is 1. The Morgan fingerprint density at radius 2 is 2.10 bits per heavy atom. The normalized spacial score (nSPS) is 11.0. The summed E-state index contributed by atoms with van der Waals surface area (Å²) < 4.78 is 32.3. The first kappa shape index (κ1) is 20.1. The highest BCUT2D eigenvalue weighted by Crippen LogP contribution is 2.25. The molecule has 1 amide bonds. The van der Waals surface area contributed by atoms with E-state index in [1.54, 1.807) is 12.1 Å². The number of alkyl halides is 2. The number of amides is 1. The third-order valence-corrected chi connectivity index (χ3v) is 2.85. The van der Waals surface area contributed by atoms with Crippen molar-refractivity contribution in [1.29, 1.82) is 0 Å². The summed E-state index contributed by atoms with van der Waals surface area (Å²) in [7, 11) is 0. The van der Waals surface area contributed by atoms with Gasteiger partial charge in [0.2, 0.25) is 0 Å². The molecule has 1 aromatic rings. The molecule has 1 aromatic carbocycles. The van der Waals surface area contributed by atoms with E-state index in [1.165, 1.54) is 6.07 Å². The topological polar surface area (TPSA) is 64.3 Å². The molecular weight excluding hydrogens is 370 g/mol. The van der Waals surface area contributed by atoms with Crippen molar-refractivity contribution < 1.29 is 18.3 Å². The van der Waals surface area contributed by atoms with Crippen molar-refractivity contribution in [3.8, 4) is 5.75 Å². The maximum atomic E-state index is 13.0. The van der Waals surface area contributed by atoms with Crippen LogP contribution in [0.3, 0.4) is 0 Å². The number of ether oxygens (including phenoxy) is 1. The van der Waals surface area contributed by atoms with E-state index in [4.69, 9.17) is 10.5 Å². The van der Waals surface area contributed by atoms with Crippen molar-refractivity contribution in [3.05, 3.63) is 28.2 Å². The highest BCUT2D eigenvalue weighted by Gasteiger charge is 2.28. The molecule has 120 valence electrons. The predicted octanol–water partition coefficient (Wildman–Crippen LogP) is 2.98. The standard InChI is InChI=1S/C13H17BrF2N2O2.ClH/c1-8(2)20-11-5-9(14)3-4-10(11)12(19)18-7-13(15,16)6-17;/h3-5,8H,6-7,17H2,1-2H3,(H,18,19);1H. The molecule has 3 N–H and O–H groups in total. The largest absolute Gasteiger partial charge is 0.490 e. The smallest absolute Gasteiger partial charge is 0.277 e. The number of hydrogen-bond donors (Lipinski definition) is 2. The van der Waals surface area contributed by atoms with E-state index in [9.17, 15) is 13.6 Å². The number of nitrogens with one attached hydrogen (secondary N) is 1. The van der Waals surface area contributed by atoms with Crippen molar-refractivity contribution >= 4 is 34.2 Å². The van der Waals surface area contributed by atoms with Gasteiger partial charge in [-0.3, -0.25) is 4.79 Å². The Bertz CT molecular complexity index is 487. The molecule has 0 aliphatic carbocycles. The monoisotopic (exact) mass is 386 g/mol. The third kappa shape index (κ3) is 6.58. The van der Waals surface area contributed by atoms with Crippen LogP contribution in [0.2, 0.25) is 0 Å². The molecule has 0 atom stereocenters. The van der Waals surface area contributed by atoms with E-state index in [-0.39, 0.29) is 24.1 Å². The van der Waals surface area contributed by atoms with Crippen LogP contribution < -0.4 is 15.8 Å². The Morgan fingerprint density at radius 3 is 2.62 bits per heavy atom. The molecule has 0 bridgehead atoms. The summed E-state index contributed by atoms with van der Waals surface area (Å²) in [6.07, 6.45) is -0.138. The van der Waals surface area contributed by atoms with Gasteiger partial charge in [0.25, 0.3) is 11.8 Å². The van der Waals surface area contributed by atoms with Gasteiger partial charge in [0.05, 0.1) is 24.8 Å². The summed E-state index contributed by atoms with van der Waals surface area (Å²) >= 11 is 3.27. The van der Waals surface area contributed by atoms with Crippen LogP contribution in [-0.2, 0) is 0 Å². The minimum atomic E-state index is -3.12. The molecule has 4 nitrogen and oxygen atoms in total. The van der Waals surface area contributed by atoms with E-state index in [0.29, 0.717) is 5.75 Å². The maximum absolute atomic E-state index is 13.0. The number of halogens is 4. The van der Waals surface area contributed by atoms with Gasteiger partial charge in [0, 0.05) is 4.47 Å². The highest BCUT2D eigenvalue weighted by molar-refractivity contribution is 9.10. The fourth-order valence-corrected chi connectivity index (χ4v) is 1.75. The van der Waals surface area contributed by atoms with Gasteiger partial charge in [-0.1, -0.05) is 15.9 Å². The molecule has 0 heterocycles. The summed E-state index contributed by atoms with van der Waals surface area (Å²) in [5.74, 6) is -3.41. The zero-order valence-electron chi connectivity index (χ0n) is 11.7.